The smallest absolute Gasteiger partial charge is 0.193 e. The quantitative estimate of drug-likeness (QED) is 0.313. The summed E-state index contributed by atoms with van der Waals surface area (Å²) in [4.78, 5) is 4.67. The fraction of sp³-hybridized carbons (Fsp3) is 0.381. The highest BCUT2D eigenvalue weighted by atomic mass is 127. The number of hydrogen-bond acceptors (Lipinski definition) is 2. The van der Waals surface area contributed by atoms with Gasteiger partial charge in [-0.25, -0.2) is 0 Å². The second kappa shape index (κ2) is 10.4. The van der Waals surface area contributed by atoms with Crippen molar-refractivity contribution in [3.8, 4) is 0 Å². The minimum atomic E-state index is -0.0165. The lowest BCUT2D eigenvalue weighted by molar-refractivity contribution is 0.0531. The molecule has 4 nitrogen and oxygen atoms in total. The molecule has 1 fully saturated rings. The zero-order valence-electron chi connectivity index (χ0n) is 15.6. The predicted octanol–water partition coefficient (Wildman–Crippen LogP) is 5.10. The Morgan fingerprint density at radius 2 is 1.74 bits per heavy atom. The van der Waals surface area contributed by atoms with E-state index in [1.54, 1.807) is 0 Å². The molecule has 1 heterocycles. The molecule has 2 aromatic carbocycles. The molecule has 0 spiro atoms. The maximum absolute atomic E-state index is 6.15. The maximum Gasteiger partial charge on any atom is 0.193 e. The average Bonchev–Trinajstić information content (AvgIpc) is 2.68. The number of halogens is 2. The zero-order chi connectivity index (χ0) is 18.4. The summed E-state index contributed by atoms with van der Waals surface area (Å²) in [5.41, 5.74) is 9.71. The summed E-state index contributed by atoms with van der Waals surface area (Å²) in [5, 5.41) is 3.20. The molecule has 0 bridgehead atoms. The van der Waals surface area contributed by atoms with Crippen molar-refractivity contribution >= 4 is 51.6 Å². The number of nitrogens with one attached hydrogen (secondary N) is 1. The standard InChI is InChI=1S/C21H26BrN3O.HI/c1-2-16-3-9-19(10-4-16)25-20(23)24-15-21(11-13-26-14-12-21)17-5-7-18(22)8-6-17;/h3-10H,2,11-15H2,1H3,(H3,23,24,25);1H. The van der Waals surface area contributed by atoms with Gasteiger partial charge in [-0.05, 0) is 54.7 Å². The van der Waals surface area contributed by atoms with Gasteiger partial charge in [0.05, 0.1) is 6.54 Å². The number of rotatable bonds is 5. The van der Waals surface area contributed by atoms with Crippen LogP contribution < -0.4 is 11.1 Å². The SMILES string of the molecule is CCc1ccc(NC(N)=NCC2(c3ccc(Br)cc3)CCOCC2)cc1.I. The summed E-state index contributed by atoms with van der Waals surface area (Å²) in [6, 6.07) is 16.8. The van der Waals surface area contributed by atoms with Crippen LogP contribution in [0.2, 0.25) is 0 Å². The second-order valence-corrected chi connectivity index (χ2v) is 7.69. The van der Waals surface area contributed by atoms with Crippen LogP contribution >= 0.6 is 39.9 Å². The Balaban J connectivity index is 0.00000261. The summed E-state index contributed by atoms with van der Waals surface area (Å²) < 4.78 is 6.68. The van der Waals surface area contributed by atoms with Gasteiger partial charge in [-0.3, -0.25) is 4.99 Å². The molecule has 2 aromatic rings. The number of nitrogens with two attached hydrogens (primary N) is 1. The van der Waals surface area contributed by atoms with Gasteiger partial charge in [-0.1, -0.05) is 47.1 Å². The molecule has 146 valence electrons. The zero-order valence-corrected chi connectivity index (χ0v) is 19.5. The molecular formula is C21H27BrIN3O. The molecule has 0 amide bonds. The molecule has 3 N–H and O–H groups in total. The van der Waals surface area contributed by atoms with Crippen LogP contribution in [0.3, 0.4) is 0 Å². The predicted molar refractivity (Wildman–Crippen MR) is 127 cm³/mol. The minimum Gasteiger partial charge on any atom is -0.381 e. The first-order valence-corrected chi connectivity index (χ1v) is 9.90. The summed E-state index contributed by atoms with van der Waals surface area (Å²) in [6.45, 7) is 4.33. The van der Waals surface area contributed by atoms with Crippen molar-refractivity contribution in [1.29, 1.82) is 0 Å². The van der Waals surface area contributed by atoms with E-state index in [-0.39, 0.29) is 29.4 Å². The highest BCUT2D eigenvalue weighted by Crippen LogP contribution is 2.35. The Labute approximate surface area is 187 Å². The maximum atomic E-state index is 6.15. The Bertz CT molecular complexity index is 741. The lowest BCUT2D eigenvalue weighted by Crippen LogP contribution is -2.38. The Morgan fingerprint density at radius 3 is 2.33 bits per heavy atom. The molecule has 1 aliphatic heterocycles. The van der Waals surface area contributed by atoms with Gasteiger partial charge in [0.25, 0.3) is 0 Å². The van der Waals surface area contributed by atoms with Crippen molar-refractivity contribution in [1.82, 2.24) is 0 Å². The van der Waals surface area contributed by atoms with Crippen LogP contribution in [-0.2, 0) is 16.6 Å². The first-order valence-electron chi connectivity index (χ1n) is 9.11. The molecule has 0 saturated carbocycles. The van der Waals surface area contributed by atoms with Gasteiger partial charge in [0.2, 0.25) is 0 Å². The number of nitrogens with zero attached hydrogens (tertiary/aromatic N) is 1. The van der Waals surface area contributed by atoms with Gasteiger partial charge in [-0.2, -0.15) is 0 Å². The monoisotopic (exact) mass is 543 g/mol. The van der Waals surface area contributed by atoms with Gasteiger partial charge in [0.15, 0.2) is 5.96 Å². The number of anilines is 1. The highest BCUT2D eigenvalue weighted by Gasteiger charge is 2.34. The van der Waals surface area contributed by atoms with Crippen molar-refractivity contribution in [3.63, 3.8) is 0 Å². The molecule has 0 aromatic heterocycles. The molecule has 3 rings (SSSR count). The third-order valence-corrected chi connectivity index (χ3v) is 5.62. The van der Waals surface area contributed by atoms with Crippen molar-refractivity contribution in [2.24, 2.45) is 10.7 Å². The third kappa shape index (κ3) is 5.93. The number of guanidine groups is 1. The lowest BCUT2D eigenvalue weighted by atomic mass is 9.74. The molecule has 1 saturated heterocycles. The molecule has 27 heavy (non-hydrogen) atoms. The topological polar surface area (TPSA) is 59.6 Å². The van der Waals surface area contributed by atoms with E-state index in [4.69, 9.17) is 10.5 Å². The average molecular weight is 544 g/mol. The summed E-state index contributed by atoms with van der Waals surface area (Å²) in [5.74, 6) is 0.456. The van der Waals surface area contributed by atoms with Crippen molar-refractivity contribution in [2.45, 2.75) is 31.6 Å². The highest BCUT2D eigenvalue weighted by molar-refractivity contribution is 14.0. The molecule has 0 unspecified atom stereocenters. The van der Waals surface area contributed by atoms with Crippen LogP contribution in [-0.4, -0.2) is 25.7 Å². The van der Waals surface area contributed by atoms with Gasteiger partial charge in [-0.15, -0.1) is 24.0 Å². The summed E-state index contributed by atoms with van der Waals surface area (Å²) >= 11 is 3.51. The first kappa shape index (κ1) is 22.2. The van der Waals surface area contributed by atoms with Gasteiger partial charge >= 0.3 is 0 Å². The number of benzene rings is 2. The molecule has 0 radical (unpaired) electrons. The Hall–Kier alpha value is -1.12. The van der Waals surface area contributed by atoms with E-state index in [9.17, 15) is 0 Å². The number of aryl methyl sites for hydroxylation is 1. The number of hydrogen-bond donors (Lipinski definition) is 2. The Morgan fingerprint density at radius 1 is 1.11 bits per heavy atom. The van der Waals surface area contributed by atoms with Crippen molar-refractivity contribution < 1.29 is 4.74 Å². The van der Waals surface area contributed by atoms with E-state index in [0.717, 1.165) is 42.6 Å². The lowest BCUT2D eigenvalue weighted by Gasteiger charge is -2.36. The van der Waals surface area contributed by atoms with Crippen molar-refractivity contribution in [3.05, 3.63) is 64.1 Å². The molecule has 0 atom stereocenters. The van der Waals surface area contributed by atoms with E-state index < -0.39 is 0 Å². The fourth-order valence-corrected chi connectivity index (χ4v) is 3.62. The normalized spacial score (nSPS) is 16.4. The first-order chi connectivity index (χ1) is 12.6. The summed E-state index contributed by atoms with van der Waals surface area (Å²) in [6.07, 6.45) is 2.94. The third-order valence-electron chi connectivity index (χ3n) is 5.09. The van der Waals surface area contributed by atoms with Crippen LogP contribution in [0, 0.1) is 0 Å². The van der Waals surface area contributed by atoms with Crippen LogP contribution in [0.5, 0.6) is 0 Å². The van der Waals surface area contributed by atoms with Gasteiger partial charge < -0.3 is 15.8 Å². The molecule has 1 aliphatic rings. The van der Waals surface area contributed by atoms with Crippen LogP contribution in [0.25, 0.3) is 0 Å². The van der Waals surface area contributed by atoms with E-state index in [0.29, 0.717) is 12.5 Å². The van der Waals surface area contributed by atoms with Crippen molar-refractivity contribution in [2.75, 3.05) is 25.1 Å². The molecule has 0 aliphatic carbocycles. The largest absolute Gasteiger partial charge is 0.381 e. The van der Waals surface area contributed by atoms with Gasteiger partial charge in [0.1, 0.15) is 0 Å². The minimum absolute atomic E-state index is 0. The van der Waals surface area contributed by atoms with Crippen LogP contribution in [0.4, 0.5) is 5.69 Å². The Kier molecular flexibility index (Phi) is 8.57. The molecular weight excluding hydrogens is 517 g/mol. The van der Waals surface area contributed by atoms with E-state index in [1.807, 2.05) is 12.1 Å². The second-order valence-electron chi connectivity index (χ2n) is 6.78. The summed E-state index contributed by atoms with van der Waals surface area (Å²) in [7, 11) is 0. The number of aliphatic imine (C=N–C) groups is 1. The van der Waals surface area contributed by atoms with Crippen LogP contribution in [0.1, 0.15) is 30.9 Å². The number of ether oxygens (including phenoxy) is 1. The van der Waals surface area contributed by atoms with E-state index >= 15 is 0 Å². The van der Waals surface area contributed by atoms with E-state index in [1.165, 1.54) is 11.1 Å². The molecule has 6 heteroatoms. The fourth-order valence-electron chi connectivity index (χ4n) is 3.35. The van der Waals surface area contributed by atoms with E-state index in [2.05, 4.69) is 69.6 Å². The van der Waals surface area contributed by atoms with Crippen LogP contribution in [0.15, 0.2) is 58.0 Å². The van der Waals surface area contributed by atoms with Gasteiger partial charge in [0, 0.05) is 28.8 Å².